The molecule has 4 rings (SSSR count). The minimum atomic E-state index is -0.532. The predicted octanol–water partition coefficient (Wildman–Crippen LogP) is 3.93. The van der Waals surface area contributed by atoms with Crippen molar-refractivity contribution < 1.29 is 18.7 Å². The van der Waals surface area contributed by atoms with E-state index in [0.717, 1.165) is 30.2 Å². The second-order valence-electron chi connectivity index (χ2n) is 7.27. The van der Waals surface area contributed by atoms with Gasteiger partial charge in [-0.25, -0.2) is 19.3 Å². The number of fused-ring (bicyclic) bond motifs is 1. The van der Waals surface area contributed by atoms with E-state index in [9.17, 15) is 9.18 Å². The Hall–Kier alpha value is -4.01. The quantitative estimate of drug-likeness (QED) is 0.376. The number of aromatic amines is 1. The number of aromatic nitrogens is 4. The monoisotopic (exact) mass is 449 g/mol. The summed E-state index contributed by atoms with van der Waals surface area (Å²) < 4.78 is 25.4. The Bertz CT molecular complexity index is 1260. The van der Waals surface area contributed by atoms with Crippen LogP contribution in [0.4, 0.5) is 4.39 Å². The maximum Gasteiger partial charge on any atom is 0.251 e. The van der Waals surface area contributed by atoms with Crippen molar-refractivity contribution in [3.8, 4) is 22.9 Å². The van der Waals surface area contributed by atoms with Crippen LogP contribution >= 0.6 is 0 Å². The van der Waals surface area contributed by atoms with E-state index < -0.39 is 5.82 Å². The second kappa shape index (κ2) is 10.1. The van der Waals surface area contributed by atoms with E-state index in [1.54, 1.807) is 36.7 Å². The lowest BCUT2D eigenvalue weighted by Crippen LogP contribution is -2.24. The zero-order valence-corrected chi connectivity index (χ0v) is 18.4. The number of hydrogen-bond acceptors (Lipinski definition) is 6. The van der Waals surface area contributed by atoms with Crippen LogP contribution in [0.3, 0.4) is 0 Å². The molecule has 0 bridgehead atoms. The number of amides is 1. The number of carbonyl (C=O) groups is 1. The molecule has 0 unspecified atom stereocenters. The highest BCUT2D eigenvalue weighted by Gasteiger charge is 2.15. The Kier molecular flexibility index (Phi) is 6.77. The lowest BCUT2D eigenvalue weighted by Gasteiger charge is -2.12. The minimum Gasteiger partial charge on any atom is -0.493 e. The summed E-state index contributed by atoms with van der Waals surface area (Å²) in [4.78, 5) is 28.4. The average molecular weight is 449 g/mol. The van der Waals surface area contributed by atoms with Gasteiger partial charge in [0, 0.05) is 54.0 Å². The molecule has 0 saturated heterocycles. The maximum atomic E-state index is 14.5. The molecule has 2 N–H and O–H groups in total. The summed E-state index contributed by atoms with van der Waals surface area (Å²) in [5.74, 6) is 0.968. The second-order valence-corrected chi connectivity index (χ2v) is 7.27. The summed E-state index contributed by atoms with van der Waals surface area (Å²) >= 11 is 0. The fourth-order valence-electron chi connectivity index (χ4n) is 3.47. The molecule has 0 aliphatic rings. The van der Waals surface area contributed by atoms with Gasteiger partial charge >= 0.3 is 0 Å². The van der Waals surface area contributed by atoms with E-state index in [1.807, 2.05) is 6.92 Å². The molecule has 4 aromatic rings. The van der Waals surface area contributed by atoms with Crippen molar-refractivity contribution in [1.82, 2.24) is 25.3 Å². The molecule has 9 heteroatoms. The molecule has 0 aliphatic carbocycles. The van der Waals surface area contributed by atoms with Gasteiger partial charge in [-0.3, -0.25) is 4.79 Å². The van der Waals surface area contributed by atoms with Crippen molar-refractivity contribution >= 4 is 16.8 Å². The first-order valence-electron chi connectivity index (χ1n) is 10.6. The Labute approximate surface area is 190 Å². The van der Waals surface area contributed by atoms with Crippen LogP contribution in [-0.2, 0) is 6.42 Å². The van der Waals surface area contributed by atoms with Gasteiger partial charge < -0.3 is 19.8 Å². The fraction of sp³-hybridized carbons (Fsp3) is 0.250. The SMILES string of the molecule is CCOc1cc(-c2cc(OC)ncc2F)nc2cc(C(=O)NCCCc3ncc[nH]3)ccc12. The Morgan fingerprint density at radius 3 is 2.85 bits per heavy atom. The van der Waals surface area contributed by atoms with Crippen molar-refractivity contribution in [2.45, 2.75) is 19.8 Å². The Morgan fingerprint density at radius 1 is 1.21 bits per heavy atom. The first-order valence-corrected chi connectivity index (χ1v) is 10.6. The van der Waals surface area contributed by atoms with Gasteiger partial charge in [0.25, 0.3) is 5.91 Å². The number of rotatable bonds is 9. The van der Waals surface area contributed by atoms with Crippen LogP contribution in [0.2, 0.25) is 0 Å². The van der Waals surface area contributed by atoms with Gasteiger partial charge in [-0.2, -0.15) is 0 Å². The van der Waals surface area contributed by atoms with Gasteiger partial charge in [-0.15, -0.1) is 0 Å². The largest absolute Gasteiger partial charge is 0.493 e. The number of carbonyl (C=O) groups excluding carboxylic acids is 1. The van der Waals surface area contributed by atoms with Crippen LogP contribution in [-0.4, -0.2) is 46.1 Å². The Morgan fingerprint density at radius 2 is 2.09 bits per heavy atom. The summed E-state index contributed by atoms with van der Waals surface area (Å²) in [6.07, 6.45) is 6.07. The van der Waals surface area contributed by atoms with E-state index in [0.29, 0.717) is 35.7 Å². The molecule has 0 spiro atoms. The van der Waals surface area contributed by atoms with E-state index >= 15 is 0 Å². The molecule has 0 fully saturated rings. The first kappa shape index (κ1) is 22.2. The van der Waals surface area contributed by atoms with Crippen molar-refractivity contribution in [3.63, 3.8) is 0 Å². The van der Waals surface area contributed by atoms with Crippen molar-refractivity contribution in [2.75, 3.05) is 20.3 Å². The zero-order chi connectivity index (χ0) is 23.2. The normalized spacial score (nSPS) is 10.9. The number of nitrogens with one attached hydrogen (secondary N) is 2. The number of hydrogen-bond donors (Lipinski definition) is 2. The van der Waals surface area contributed by atoms with E-state index in [-0.39, 0.29) is 17.4 Å². The lowest BCUT2D eigenvalue weighted by molar-refractivity contribution is 0.0953. The van der Waals surface area contributed by atoms with Crippen molar-refractivity contribution in [2.24, 2.45) is 0 Å². The number of H-pyrrole nitrogens is 1. The summed E-state index contributed by atoms with van der Waals surface area (Å²) in [5.41, 5.74) is 1.58. The van der Waals surface area contributed by atoms with Gasteiger partial charge in [0.05, 0.1) is 31.1 Å². The van der Waals surface area contributed by atoms with E-state index in [2.05, 4.69) is 25.3 Å². The highest BCUT2D eigenvalue weighted by Crippen LogP contribution is 2.32. The number of imidazole rings is 1. The van der Waals surface area contributed by atoms with Gasteiger partial charge in [-0.1, -0.05) is 0 Å². The van der Waals surface area contributed by atoms with Crippen molar-refractivity contribution in [1.29, 1.82) is 0 Å². The average Bonchev–Trinajstić information content (AvgIpc) is 3.35. The topological polar surface area (TPSA) is 102 Å². The van der Waals surface area contributed by atoms with Crippen LogP contribution < -0.4 is 14.8 Å². The zero-order valence-electron chi connectivity index (χ0n) is 18.4. The number of pyridine rings is 2. The predicted molar refractivity (Wildman–Crippen MR) is 122 cm³/mol. The minimum absolute atomic E-state index is 0.210. The van der Waals surface area contributed by atoms with Crippen LogP contribution in [0.15, 0.2) is 48.9 Å². The molecule has 1 aromatic carbocycles. The maximum absolute atomic E-state index is 14.5. The third-order valence-corrected chi connectivity index (χ3v) is 5.08. The molecule has 1 amide bonds. The van der Waals surface area contributed by atoms with Gasteiger partial charge in [0.15, 0.2) is 5.82 Å². The van der Waals surface area contributed by atoms with Gasteiger partial charge in [-0.05, 0) is 31.5 Å². The van der Waals surface area contributed by atoms with E-state index in [4.69, 9.17) is 9.47 Å². The molecule has 170 valence electrons. The molecular weight excluding hydrogens is 425 g/mol. The first-order chi connectivity index (χ1) is 16.1. The fourth-order valence-corrected chi connectivity index (χ4v) is 3.47. The summed E-state index contributed by atoms with van der Waals surface area (Å²) in [6, 6.07) is 8.36. The van der Waals surface area contributed by atoms with Gasteiger partial charge in [0.2, 0.25) is 5.88 Å². The lowest BCUT2D eigenvalue weighted by atomic mass is 10.1. The van der Waals surface area contributed by atoms with Crippen LogP contribution in [0.25, 0.3) is 22.2 Å². The molecule has 0 saturated carbocycles. The number of methoxy groups -OCH3 is 1. The summed E-state index contributed by atoms with van der Waals surface area (Å²) in [5, 5.41) is 3.64. The number of ether oxygens (including phenoxy) is 2. The molecule has 3 aromatic heterocycles. The highest BCUT2D eigenvalue weighted by atomic mass is 19.1. The molecule has 8 nitrogen and oxygen atoms in total. The van der Waals surface area contributed by atoms with Crippen LogP contribution in [0, 0.1) is 5.82 Å². The summed E-state index contributed by atoms with van der Waals surface area (Å²) in [6.45, 7) is 2.81. The molecule has 33 heavy (non-hydrogen) atoms. The summed E-state index contributed by atoms with van der Waals surface area (Å²) in [7, 11) is 1.46. The molecule has 0 radical (unpaired) electrons. The van der Waals surface area contributed by atoms with E-state index in [1.165, 1.54) is 13.2 Å². The molecule has 3 heterocycles. The third-order valence-electron chi connectivity index (χ3n) is 5.08. The van der Waals surface area contributed by atoms with Crippen LogP contribution in [0.5, 0.6) is 11.6 Å². The highest BCUT2D eigenvalue weighted by molar-refractivity contribution is 5.99. The third kappa shape index (κ3) is 5.08. The smallest absolute Gasteiger partial charge is 0.251 e. The molecule has 0 aliphatic heterocycles. The number of aryl methyl sites for hydroxylation is 1. The van der Waals surface area contributed by atoms with Crippen LogP contribution in [0.1, 0.15) is 29.5 Å². The molecular formula is C24H24FN5O3. The molecule has 0 atom stereocenters. The number of nitrogens with zero attached hydrogens (tertiary/aromatic N) is 3. The van der Waals surface area contributed by atoms with Crippen molar-refractivity contribution in [3.05, 3.63) is 66.1 Å². The van der Waals surface area contributed by atoms with Gasteiger partial charge in [0.1, 0.15) is 11.6 Å². The number of halogens is 1. The Balaban J connectivity index is 1.61. The standard InChI is InChI=1S/C24H24FN5O3/c1-3-33-21-13-20(17-12-23(32-2)29-14-18(17)25)30-19-11-15(6-7-16(19)21)24(31)28-8-4-5-22-26-9-10-27-22/h6-7,9-14H,3-5,8H2,1-2H3,(H,26,27)(H,28,31). The number of benzene rings is 1.